The topological polar surface area (TPSA) is 70.2 Å². The number of fused-ring (bicyclic) bond motifs is 1. The second kappa shape index (κ2) is 9.26. The van der Waals surface area contributed by atoms with Gasteiger partial charge in [-0.15, -0.1) is 11.3 Å². The SMILES string of the molecule is CC(C)c1ccc(Nc2ncc3c(n2)CCN(C(=O)NCCc2cccs2)C3)cc1. The molecule has 1 aliphatic rings. The first-order chi connectivity index (χ1) is 14.6. The van der Waals surface area contributed by atoms with Crippen molar-refractivity contribution in [3.63, 3.8) is 0 Å². The van der Waals surface area contributed by atoms with E-state index in [-0.39, 0.29) is 6.03 Å². The van der Waals surface area contributed by atoms with Crippen molar-refractivity contribution in [3.8, 4) is 0 Å². The Labute approximate surface area is 181 Å². The average molecular weight is 422 g/mol. The van der Waals surface area contributed by atoms with Gasteiger partial charge in [0, 0.05) is 41.8 Å². The zero-order valence-corrected chi connectivity index (χ0v) is 18.2. The van der Waals surface area contributed by atoms with E-state index < -0.39 is 0 Å². The van der Waals surface area contributed by atoms with Crippen molar-refractivity contribution in [2.24, 2.45) is 0 Å². The Bertz CT molecular complexity index is 985. The maximum Gasteiger partial charge on any atom is 0.317 e. The number of rotatable bonds is 6. The number of nitrogens with zero attached hydrogens (tertiary/aromatic N) is 3. The van der Waals surface area contributed by atoms with E-state index in [4.69, 9.17) is 0 Å². The lowest BCUT2D eigenvalue weighted by molar-refractivity contribution is 0.192. The molecule has 4 rings (SSSR count). The Morgan fingerprint density at radius 1 is 1.23 bits per heavy atom. The number of urea groups is 1. The van der Waals surface area contributed by atoms with Gasteiger partial charge in [0.1, 0.15) is 0 Å². The van der Waals surface area contributed by atoms with Crippen LogP contribution in [0.25, 0.3) is 0 Å². The van der Waals surface area contributed by atoms with Gasteiger partial charge in [0.25, 0.3) is 0 Å². The van der Waals surface area contributed by atoms with Gasteiger partial charge in [-0.25, -0.2) is 14.8 Å². The van der Waals surface area contributed by atoms with Crippen molar-refractivity contribution < 1.29 is 4.79 Å². The van der Waals surface area contributed by atoms with Crippen LogP contribution in [0.4, 0.5) is 16.4 Å². The van der Waals surface area contributed by atoms with Crippen molar-refractivity contribution in [1.29, 1.82) is 0 Å². The lowest BCUT2D eigenvalue weighted by Crippen LogP contribution is -2.43. The quantitative estimate of drug-likeness (QED) is 0.604. The highest BCUT2D eigenvalue weighted by Crippen LogP contribution is 2.21. The molecule has 0 atom stereocenters. The third kappa shape index (κ3) is 4.97. The molecule has 2 amide bonds. The molecular formula is C23H27N5OS. The molecule has 2 N–H and O–H groups in total. The van der Waals surface area contributed by atoms with Gasteiger partial charge in [0.15, 0.2) is 0 Å². The highest BCUT2D eigenvalue weighted by Gasteiger charge is 2.22. The van der Waals surface area contributed by atoms with Crippen LogP contribution >= 0.6 is 11.3 Å². The maximum atomic E-state index is 12.5. The van der Waals surface area contributed by atoms with Crippen molar-refractivity contribution in [3.05, 3.63) is 69.7 Å². The van der Waals surface area contributed by atoms with Gasteiger partial charge in [0.2, 0.25) is 5.95 Å². The number of anilines is 2. The molecule has 2 aromatic heterocycles. The summed E-state index contributed by atoms with van der Waals surface area (Å²) in [5, 5.41) is 8.36. The Kier molecular flexibility index (Phi) is 6.28. The van der Waals surface area contributed by atoms with Crippen molar-refractivity contribution in [2.45, 2.75) is 39.2 Å². The minimum absolute atomic E-state index is 0.0235. The summed E-state index contributed by atoms with van der Waals surface area (Å²) in [5.74, 6) is 1.11. The number of amides is 2. The molecule has 0 saturated carbocycles. The van der Waals surface area contributed by atoms with E-state index in [1.807, 2.05) is 17.2 Å². The number of nitrogens with one attached hydrogen (secondary N) is 2. The molecule has 6 nitrogen and oxygen atoms in total. The first-order valence-electron chi connectivity index (χ1n) is 10.4. The van der Waals surface area contributed by atoms with E-state index in [1.54, 1.807) is 11.3 Å². The Hall–Kier alpha value is -2.93. The molecule has 7 heteroatoms. The van der Waals surface area contributed by atoms with Crippen LogP contribution < -0.4 is 10.6 Å². The van der Waals surface area contributed by atoms with Crippen LogP contribution in [0.2, 0.25) is 0 Å². The number of hydrogen-bond donors (Lipinski definition) is 2. The van der Waals surface area contributed by atoms with Crippen LogP contribution in [-0.2, 0) is 19.4 Å². The molecule has 0 aliphatic carbocycles. The van der Waals surface area contributed by atoms with Crippen molar-refractivity contribution in [1.82, 2.24) is 20.2 Å². The average Bonchev–Trinajstić information content (AvgIpc) is 3.27. The molecule has 1 aromatic carbocycles. The fraction of sp³-hybridized carbons (Fsp3) is 0.348. The molecule has 0 unspecified atom stereocenters. The van der Waals surface area contributed by atoms with E-state index in [0.717, 1.165) is 29.8 Å². The smallest absolute Gasteiger partial charge is 0.317 e. The maximum absolute atomic E-state index is 12.5. The molecule has 156 valence electrons. The van der Waals surface area contributed by atoms with Gasteiger partial charge in [0.05, 0.1) is 12.2 Å². The predicted molar refractivity (Wildman–Crippen MR) is 121 cm³/mol. The molecule has 3 aromatic rings. The number of aromatic nitrogens is 2. The molecular weight excluding hydrogens is 394 g/mol. The number of benzene rings is 1. The Morgan fingerprint density at radius 2 is 2.07 bits per heavy atom. The fourth-order valence-electron chi connectivity index (χ4n) is 3.49. The monoisotopic (exact) mass is 421 g/mol. The van der Waals surface area contributed by atoms with Gasteiger partial charge in [-0.2, -0.15) is 0 Å². The van der Waals surface area contributed by atoms with Crippen LogP contribution in [0.5, 0.6) is 0 Å². The summed E-state index contributed by atoms with van der Waals surface area (Å²) in [6.45, 7) is 6.23. The molecule has 0 saturated heterocycles. The summed E-state index contributed by atoms with van der Waals surface area (Å²) in [6.07, 6.45) is 3.43. The van der Waals surface area contributed by atoms with Crippen LogP contribution in [0, 0.1) is 0 Å². The van der Waals surface area contributed by atoms with Gasteiger partial charge in [-0.3, -0.25) is 0 Å². The highest BCUT2D eigenvalue weighted by molar-refractivity contribution is 7.09. The van der Waals surface area contributed by atoms with Gasteiger partial charge >= 0.3 is 6.03 Å². The van der Waals surface area contributed by atoms with Crippen LogP contribution in [0.3, 0.4) is 0 Å². The largest absolute Gasteiger partial charge is 0.338 e. The first-order valence-corrected chi connectivity index (χ1v) is 11.2. The second-order valence-corrected chi connectivity index (χ2v) is 8.83. The summed E-state index contributed by atoms with van der Waals surface area (Å²) < 4.78 is 0. The lowest BCUT2D eigenvalue weighted by Gasteiger charge is -2.28. The third-order valence-electron chi connectivity index (χ3n) is 5.28. The molecule has 0 fully saturated rings. The van der Waals surface area contributed by atoms with Gasteiger partial charge in [-0.05, 0) is 41.5 Å². The van der Waals surface area contributed by atoms with Crippen molar-refractivity contribution >= 4 is 29.0 Å². The fourth-order valence-corrected chi connectivity index (χ4v) is 4.20. The zero-order valence-electron chi connectivity index (χ0n) is 17.4. The van der Waals surface area contributed by atoms with E-state index in [0.29, 0.717) is 31.5 Å². The standard InChI is InChI=1S/C23H27N5OS/c1-16(2)17-5-7-19(8-6-17)26-22-25-14-18-15-28(12-10-21(18)27-22)23(29)24-11-9-20-4-3-13-30-20/h3-8,13-14,16H,9-12,15H2,1-2H3,(H,24,29)(H,25,26,27). The third-order valence-corrected chi connectivity index (χ3v) is 6.22. The number of hydrogen-bond acceptors (Lipinski definition) is 5. The molecule has 0 radical (unpaired) electrons. The molecule has 0 bridgehead atoms. The summed E-state index contributed by atoms with van der Waals surface area (Å²) in [4.78, 5) is 24.7. The predicted octanol–water partition coefficient (Wildman–Crippen LogP) is 4.72. The summed E-state index contributed by atoms with van der Waals surface area (Å²) in [5.41, 5.74) is 4.30. The van der Waals surface area contributed by atoms with Crippen LogP contribution in [0.15, 0.2) is 48.0 Å². The van der Waals surface area contributed by atoms with E-state index in [9.17, 15) is 4.79 Å². The van der Waals surface area contributed by atoms with Crippen LogP contribution in [0.1, 0.15) is 41.5 Å². The summed E-state index contributed by atoms with van der Waals surface area (Å²) in [6, 6.07) is 12.5. The zero-order chi connectivity index (χ0) is 20.9. The Morgan fingerprint density at radius 3 is 2.80 bits per heavy atom. The lowest BCUT2D eigenvalue weighted by atomic mass is 10.0. The number of carbonyl (C=O) groups is 1. The first kappa shape index (κ1) is 20.3. The normalized spacial score (nSPS) is 13.2. The molecule has 3 heterocycles. The van der Waals surface area contributed by atoms with E-state index in [1.165, 1.54) is 10.4 Å². The van der Waals surface area contributed by atoms with E-state index >= 15 is 0 Å². The molecule has 0 spiro atoms. The van der Waals surface area contributed by atoms with E-state index in [2.05, 4.69) is 70.2 Å². The summed E-state index contributed by atoms with van der Waals surface area (Å²) >= 11 is 1.72. The summed E-state index contributed by atoms with van der Waals surface area (Å²) in [7, 11) is 0. The van der Waals surface area contributed by atoms with Crippen LogP contribution in [-0.4, -0.2) is 34.0 Å². The molecule has 1 aliphatic heterocycles. The highest BCUT2D eigenvalue weighted by atomic mass is 32.1. The Balaban J connectivity index is 1.33. The van der Waals surface area contributed by atoms with Gasteiger partial charge < -0.3 is 15.5 Å². The number of thiophene rings is 1. The minimum atomic E-state index is -0.0235. The van der Waals surface area contributed by atoms with Gasteiger partial charge in [-0.1, -0.05) is 32.0 Å². The molecule has 30 heavy (non-hydrogen) atoms. The second-order valence-electron chi connectivity index (χ2n) is 7.80. The minimum Gasteiger partial charge on any atom is -0.338 e. The van der Waals surface area contributed by atoms with Crippen molar-refractivity contribution in [2.75, 3.05) is 18.4 Å². The number of carbonyl (C=O) groups excluding carboxylic acids is 1.